The number of nitrogens with one attached hydrogen (secondary N) is 1. The van der Waals surface area contributed by atoms with Crippen LogP contribution in [0, 0.1) is 6.92 Å². The second-order valence-corrected chi connectivity index (χ2v) is 7.45. The van der Waals surface area contributed by atoms with Crippen LogP contribution in [0.4, 0.5) is 24.8 Å². The molecule has 1 aliphatic rings. The molecule has 0 unspecified atom stereocenters. The quantitative estimate of drug-likeness (QED) is 0.446. The van der Waals surface area contributed by atoms with E-state index in [9.17, 15) is 13.2 Å². The normalized spacial score (nSPS) is 14.2. The fraction of sp³-hybridized carbons (Fsp3) is 0.263. The van der Waals surface area contributed by atoms with Crippen LogP contribution in [0.15, 0.2) is 53.1 Å². The molecule has 1 N–H and O–H groups in total. The molecule has 1 aromatic carbocycles. The van der Waals surface area contributed by atoms with Crippen molar-refractivity contribution in [1.82, 2.24) is 9.97 Å². The fourth-order valence-electron chi connectivity index (χ4n) is 2.54. The Balaban J connectivity index is 1.68. The number of rotatable bonds is 5. The van der Waals surface area contributed by atoms with Gasteiger partial charge in [0.2, 0.25) is 5.95 Å². The molecular weight excluding hydrogens is 395 g/mol. The SMILES string of the molecule is Cc1cc(SCC2=CCCC=C2)ccc1Nc1ncc(C(F)(F)F)c(Cl)n1. The van der Waals surface area contributed by atoms with E-state index in [1.165, 1.54) is 5.57 Å². The maximum absolute atomic E-state index is 12.7. The van der Waals surface area contributed by atoms with Crippen molar-refractivity contribution in [3.05, 3.63) is 64.5 Å². The van der Waals surface area contributed by atoms with Crippen LogP contribution < -0.4 is 5.32 Å². The van der Waals surface area contributed by atoms with Gasteiger partial charge in [0, 0.05) is 22.5 Å². The van der Waals surface area contributed by atoms with Crippen LogP contribution in [-0.4, -0.2) is 15.7 Å². The van der Waals surface area contributed by atoms with Crippen LogP contribution in [0.3, 0.4) is 0 Å². The van der Waals surface area contributed by atoms with Crippen LogP contribution in [0.1, 0.15) is 24.0 Å². The smallest absolute Gasteiger partial charge is 0.324 e. The van der Waals surface area contributed by atoms with Crippen LogP contribution in [0.25, 0.3) is 0 Å². The molecule has 0 fully saturated rings. The van der Waals surface area contributed by atoms with Gasteiger partial charge in [-0.1, -0.05) is 29.8 Å². The third-order valence-electron chi connectivity index (χ3n) is 3.97. The third-order valence-corrected chi connectivity index (χ3v) is 5.32. The molecule has 0 amide bonds. The second kappa shape index (κ2) is 8.35. The molecule has 3 rings (SSSR count). The number of alkyl halides is 3. The Morgan fingerprint density at radius 3 is 2.70 bits per heavy atom. The summed E-state index contributed by atoms with van der Waals surface area (Å²) in [6.07, 6.45) is 4.89. The molecule has 0 aliphatic heterocycles. The van der Waals surface area contributed by atoms with Gasteiger partial charge in [0.05, 0.1) is 0 Å². The lowest BCUT2D eigenvalue weighted by molar-refractivity contribution is -0.137. The van der Waals surface area contributed by atoms with Gasteiger partial charge in [-0.25, -0.2) is 9.97 Å². The molecule has 1 aliphatic carbocycles. The molecule has 1 heterocycles. The first-order chi connectivity index (χ1) is 12.8. The van der Waals surface area contributed by atoms with E-state index in [0.717, 1.165) is 29.1 Å². The van der Waals surface area contributed by atoms with Gasteiger partial charge < -0.3 is 5.32 Å². The number of halogens is 4. The number of allylic oxidation sites excluding steroid dienone is 3. The second-order valence-electron chi connectivity index (χ2n) is 6.05. The van der Waals surface area contributed by atoms with E-state index in [1.807, 2.05) is 25.1 Å². The Bertz CT molecular complexity index is 894. The van der Waals surface area contributed by atoms with Crippen LogP contribution in [0.5, 0.6) is 0 Å². The van der Waals surface area contributed by atoms with Gasteiger partial charge in [-0.2, -0.15) is 13.2 Å². The van der Waals surface area contributed by atoms with Gasteiger partial charge in [0.1, 0.15) is 10.7 Å². The predicted octanol–water partition coefficient (Wildman–Crippen LogP) is 6.57. The molecule has 142 valence electrons. The zero-order valence-electron chi connectivity index (χ0n) is 14.5. The highest BCUT2D eigenvalue weighted by Crippen LogP contribution is 2.34. The topological polar surface area (TPSA) is 37.8 Å². The van der Waals surface area contributed by atoms with Crippen molar-refractivity contribution in [1.29, 1.82) is 0 Å². The maximum atomic E-state index is 12.7. The molecule has 3 nitrogen and oxygen atoms in total. The average Bonchev–Trinajstić information content (AvgIpc) is 2.62. The standard InChI is InChI=1S/C19H17ClF3N3S/c1-12-9-14(27-11-13-5-3-2-4-6-13)7-8-16(12)25-18-24-10-15(17(20)26-18)19(21,22)23/h3,5-10H,2,4,11H2,1H3,(H,24,25,26). The summed E-state index contributed by atoms with van der Waals surface area (Å²) in [5.74, 6) is 0.925. The molecular formula is C19H17ClF3N3S. The predicted molar refractivity (Wildman–Crippen MR) is 104 cm³/mol. The van der Waals surface area contributed by atoms with E-state index in [1.54, 1.807) is 11.8 Å². The molecule has 0 bridgehead atoms. The number of thioether (sulfide) groups is 1. The molecule has 0 spiro atoms. The number of benzene rings is 1. The third kappa shape index (κ3) is 5.26. The fourth-order valence-corrected chi connectivity index (χ4v) is 3.75. The van der Waals surface area contributed by atoms with Crippen molar-refractivity contribution >= 4 is 35.0 Å². The van der Waals surface area contributed by atoms with Gasteiger partial charge >= 0.3 is 6.18 Å². The van der Waals surface area contributed by atoms with E-state index >= 15 is 0 Å². The lowest BCUT2D eigenvalue weighted by Crippen LogP contribution is -2.09. The minimum absolute atomic E-state index is 0.0222. The van der Waals surface area contributed by atoms with Crippen LogP contribution in [-0.2, 0) is 6.18 Å². The Morgan fingerprint density at radius 2 is 2.07 bits per heavy atom. The highest BCUT2D eigenvalue weighted by molar-refractivity contribution is 7.99. The highest BCUT2D eigenvalue weighted by atomic mass is 35.5. The van der Waals surface area contributed by atoms with Crippen LogP contribution in [0.2, 0.25) is 5.15 Å². The highest BCUT2D eigenvalue weighted by Gasteiger charge is 2.34. The molecule has 8 heteroatoms. The number of hydrogen-bond donors (Lipinski definition) is 1. The zero-order chi connectivity index (χ0) is 19.4. The van der Waals surface area contributed by atoms with E-state index in [4.69, 9.17) is 11.6 Å². The molecule has 0 saturated heterocycles. The Hall–Kier alpha value is -1.99. The van der Waals surface area contributed by atoms with Gasteiger partial charge in [-0.15, -0.1) is 11.8 Å². The van der Waals surface area contributed by atoms with E-state index in [-0.39, 0.29) is 5.95 Å². The van der Waals surface area contributed by atoms with Crippen molar-refractivity contribution in [2.75, 3.05) is 11.1 Å². The molecule has 2 aromatic rings. The number of hydrogen-bond acceptors (Lipinski definition) is 4. The molecule has 27 heavy (non-hydrogen) atoms. The lowest BCUT2D eigenvalue weighted by atomic mass is 10.1. The first-order valence-corrected chi connectivity index (χ1v) is 9.65. The first kappa shape index (κ1) is 19.8. The number of aromatic nitrogens is 2. The van der Waals surface area contributed by atoms with Crippen molar-refractivity contribution in [2.45, 2.75) is 30.8 Å². The summed E-state index contributed by atoms with van der Waals surface area (Å²) in [6, 6.07) is 5.84. The van der Waals surface area contributed by atoms with Gasteiger partial charge in [-0.3, -0.25) is 0 Å². The maximum Gasteiger partial charge on any atom is 0.420 e. The summed E-state index contributed by atoms with van der Waals surface area (Å²) >= 11 is 7.37. The van der Waals surface area contributed by atoms with Gasteiger partial charge in [0.25, 0.3) is 0 Å². The first-order valence-electron chi connectivity index (χ1n) is 8.29. The summed E-state index contributed by atoms with van der Waals surface area (Å²) in [5, 5.41) is 2.29. The summed E-state index contributed by atoms with van der Waals surface area (Å²) in [5.41, 5.74) is 1.92. The van der Waals surface area contributed by atoms with Crippen molar-refractivity contribution < 1.29 is 13.2 Å². The molecule has 0 saturated carbocycles. The number of nitrogens with zero attached hydrogens (tertiary/aromatic N) is 2. The van der Waals surface area contributed by atoms with Crippen molar-refractivity contribution in [3.63, 3.8) is 0 Å². The molecule has 1 aromatic heterocycles. The zero-order valence-corrected chi connectivity index (χ0v) is 16.0. The molecule has 0 radical (unpaired) electrons. The Kier molecular flexibility index (Phi) is 6.11. The van der Waals surface area contributed by atoms with Crippen LogP contribution >= 0.6 is 23.4 Å². The van der Waals surface area contributed by atoms with Crippen molar-refractivity contribution in [2.24, 2.45) is 0 Å². The Labute approximate surface area is 164 Å². The van der Waals surface area contributed by atoms with Gasteiger partial charge in [-0.05, 0) is 49.1 Å². The number of anilines is 2. The monoisotopic (exact) mass is 411 g/mol. The summed E-state index contributed by atoms with van der Waals surface area (Å²) in [7, 11) is 0. The van der Waals surface area contributed by atoms with E-state index in [2.05, 4.69) is 33.5 Å². The largest absolute Gasteiger partial charge is 0.420 e. The van der Waals surface area contributed by atoms with E-state index in [0.29, 0.717) is 11.9 Å². The van der Waals surface area contributed by atoms with Crippen molar-refractivity contribution in [3.8, 4) is 0 Å². The lowest BCUT2D eigenvalue weighted by Gasteiger charge is -2.12. The minimum Gasteiger partial charge on any atom is -0.324 e. The average molecular weight is 412 g/mol. The van der Waals surface area contributed by atoms with E-state index < -0.39 is 16.9 Å². The summed E-state index contributed by atoms with van der Waals surface area (Å²) < 4.78 is 38.2. The summed E-state index contributed by atoms with van der Waals surface area (Å²) in [6.45, 7) is 1.91. The minimum atomic E-state index is -4.58. The molecule has 0 atom stereocenters. The number of aryl methyl sites for hydroxylation is 1. The summed E-state index contributed by atoms with van der Waals surface area (Å²) in [4.78, 5) is 8.53. The Morgan fingerprint density at radius 1 is 1.26 bits per heavy atom. The van der Waals surface area contributed by atoms with Gasteiger partial charge in [0.15, 0.2) is 0 Å².